The summed E-state index contributed by atoms with van der Waals surface area (Å²) in [7, 11) is 0. The lowest BCUT2D eigenvalue weighted by molar-refractivity contribution is -0.353. The molecule has 0 radical (unpaired) electrons. The van der Waals surface area contributed by atoms with E-state index in [9.17, 15) is 4.79 Å². The molecule has 0 N–H and O–H groups in total. The number of hydrogen-bond donors (Lipinski definition) is 0. The van der Waals surface area contributed by atoms with E-state index in [1.807, 2.05) is 88.9 Å². The van der Waals surface area contributed by atoms with Gasteiger partial charge < -0.3 is 18.8 Å². The highest BCUT2D eigenvalue weighted by Gasteiger charge is 2.27. The summed E-state index contributed by atoms with van der Waals surface area (Å²) in [5.41, 5.74) is 13.0. The Morgan fingerprint density at radius 1 is 0.667 bits per heavy atom. The van der Waals surface area contributed by atoms with Gasteiger partial charge in [0, 0.05) is 33.4 Å². The van der Waals surface area contributed by atoms with Gasteiger partial charge in [0.2, 0.25) is 0 Å². The molecule has 0 atom stereocenters. The van der Waals surface area contributed by atoms with Crippen molar-refractivity contribution in [3.8, 4) is 36.1 Å². The maximum Gasteiger partial charge on any atom is 0.361 e. The molecular formula is C45H36N6O6. The Hall–Kier alpha value is -6.93. The maximum atomic E-state index is 13.2. The molecule has 0 fully saturated rings. The van der Waals surface area contributed by atoms with Crippen LogP contribution in [-0.2, 0) is 43.7 Å². The monoisotopic (exact) mass is 756 g/mol. The lowest BCUT2D eigenvalue weighted by Gasteiger charge is -2.14. The number of fused-ring (bicyclic) bond motifs is 6. The number of imidazole rings is 2. The first-order chi connectivity index (χ1) is 27.9. The highest BCUT2D eigenvalue weighted by atomic mass is 17.2. The van der Waals surface area contributed by atoms with Crippen LogP contribution in [0.1, 0.15) is 72.1 Å². The number of aliphatic imine (C=N–C) groups is 2. The lowest BCUT2D eigenvalue weighted by Crippen LogP contribution is -2.14. The minimum Gasteiger partial charge on any atom is -0.434 e. The average molecular weight is 757 g/mol. The molecule has 2 aliphatic rings. The summed E-state index contributed by atoms with van der Waals surface area (Å²) in [6.45, 7) is 3.87. The predicted molar refractivity (Wildman–Crippen MR) is 212 cm³/mol. The van der Waals surface area contributed by atoms with Gasteiger partial charge in [-0.3, -0.25) is 14.6 Å². The van der Waals surface area contributed by atoms with Crippen LogP contribution < -0.4 is 0 Å². The van der Waals surface area contributed by atoms with Gasteiger partial charge >= 0.3 is 5.97 Å². The van der Waals surface area contributed by atoms with E-state index in [0.717, 1.165) is 73.0 Å². The fourth-order valence-corrected chi connectivity index (χ4v) is 6.93. The molecule has 12 nitrogen and oxygen atoms in total. The summed E-state index contributed by atoms with van der Waals surface area (Å²) in [6.07, 6.45) is 14.8. The van der Waals surface area contributed by atoms with Crippen LogP contribution in [0.25, 0.3) is 11.4 Å². The number of hydrogen-bond acceptors (Lipinski definition) is 10. The van der Waals surface area contributed by atoms with E-state index in [1.165, 1.54) is 0 Å². The van der Waals surface area contributed by atoms with Crippen LogP contribution in [0.3, 0.4) is 0 Å². The van der Waals surface area contributed by atoms with Crippen LogP contribution in [0, 0.1) is 38.5 Å². The Kier molecular flexibility index (Phi) is 10.7. The van der Waals surface area contributed by atoms with Crippen molar-refractivity contribution in [1.29, 1.82) is 0 Å². The molecule has 4 heterocycles. The van der Waals surface area contributed by atoms with E-state index in [0.29, 0.717) is 17.9 Å². The van der Waals surface area contributed by atoms with E-state index in [2.05, 4.69) is 40.9 Å². The number of benzene rings is 4. The zero-order valence-corrected chi connectivity index (χ0v) is 31.3. The Morgan fingerprint density at radius 3 is 1.84 bits per heavy atom. The minimum atomic E-state index is -0.659. The summed E-state index contributed by atoms with van der Waals surface area (Å²) in [4.78, 5) is 42.7. The van der Waals surface area contributed by atoms with Crippen LogP contribution in [-0.4, -0.2) is 56.9 Å². The quantitative estimate of drug-likeness (QED) is 0.0344. The first-order valence-corrected chi connectivity index (χ1v) is 18.1. The molecule has 0 saturated heterocycles. The fraction of sp³-hybridized carbons (Fsp3) is 0.178. The van der Waals surface area contributed by atoms with E-state index in [1.54, 1.807) is 12.7 Å². The molecule has 0 bridgehead atoms. The SMILES string of the molecule is C#Cc1ccc2c(c1)C(c1ccccc1C)=NCc1c(COOCOCOCOC(=O)c3ncn4c3CN=C(c3ccccc3C)c3cc(C#C)ccc3-4)ncn1-2. The summed E-state index contributed by atoms with van der Waals surface area (Å²) in [6, 6.07) is 27.7. The van der Waals surface area contributed by atoms with E-state index in [4.69, 9.17) is 46.8 Å². The first kappa shape index (κ1) is 37.0. The summed E-state index contributed by atoms with van der Waals surface area (Å²) in [5, 5.41) is 0. The molecule has 0 aliphatic carbocycles. The highest BCUT2D eigenvalue weighted by Crippen LogP contribution is 2.30. The van der Waals surface area contributed by atoms with Crippen molar-refractivity contribution in [3.05, 3.63) is 165 Å². The van der Waals surface area contributed by atoms with Crippen molar-refractivity contribution in [2.75, 3.05) is 20.4 Å². The molecule has 6 aromatic rings. The summed E-state index contributed by atoms with van der Waals surface area (Å²) >= 11 is 0. The Balaban J connectivity index is 0.840. The predicted octanol–water partition coefficient (Wildman–Crippen LogP) is 6.55. The van der Waals surface area contributed by atoms with Crippen molar-refractivity contribution in [1.82, 2.24) is 19.1 Å². The molecular weight excluding hydrogens is 721 g/mol. The largest absolute Gasteiger partial charge is 0.434 e. The topological polar surface area (TPSA) is 124 Å². The molecule has 57 heavy (non-hydrogen) atoms. The third-order valence-corrected chi connectivity index (χ3v) is 9.79. The number of esters is 1. The summed E-state index contributed by atoms with van der Waals surface area (Å²) < 4.78 is 19.9. The lowest BCUT2D eigenvalue weighted by atomic mass is 9.95. The zero-order chi connectivity index (χ0) is 39.3. The normalized spacial score (nSPS) is 12.7. The second-order valence-electron chi connectivity index (χ2n) is 13.2. The number of terminal acetylenes is 2. The second-order valence-corrected chi connectivity index (χ2v) is 13.2. The molecule has 0 saturated carbocycles. The molecule has 0 unspecified atom stereocenters. The van der Waals surface area contributed by atoms with Gasteiger partial charge in [0.1, 0.15) is 12.9 Å². The van der Waals surface area contributed by atoms with Crippen LogP contribution in [0.2, 0.25) is 0 Å². The Morgan fingerprint density at radius 2 is 1.23 bits per heavy atom. The third-order valence-electron chi connectivity index (χ3n) is 9.79. The molecule has 0 spiro atoms. The van der Waals surface area contributed by atoms with Crippen molar-refractivity contribution < 1.29 is 28.8 Å². The van der Waals surface area contributed by atoms with Gasteiger partial charge in [-0.2, -0.15) is 0 Å². The fourth-order valence-electron chi connectivity index (χ4n) is 6.93. The zero-order valence-electron chi connectivity index (χ0n) is 31.3. The highest BCUT2D eigenvalue weighted by molar-refractivity contribution is 6.17. The average Bonchev–Trinajstić information content (AvgIpc) is 3.76. The number of nitrogens with zero attached hydrogens (tertiary/aromatic N) is 6. The van der Waals surface area contributed by atoms with Gasteiger partial charge in [-0.05, 0) is 61.4 Å². The molecule has 0 amide bonds. The van der Waals surface area contributed by atoms with Gasteiger partial charge in [-0.25, -0.2) is 24.5 Å². The molecule has 4 aromatic carbocycles. The van der Waals surface area contributed by atoms with E-state index < -0.39 is 5.97 Å². The van der Waals surface area contributed by atoms with Crippen molar-refractivity contribution in [2.24, 2.45) is 9.98 Å². The van der Waals surface area contributed by atoms with Crippen LogP contribution >= 0.6 is 0 Å². The van der Waals surface area contributed by atoms with Crippen LogP contribution in [0.5, 0.6) is 0 Å². The van der Waals surface area contributed by atoms with E-state index in [-0.39, 0.29) is 39.2 Å². The van der Waals surface area contributed by atoms with Gasteiger partial charge in [0.05, 0.1) is 59.3 Å². The van der Waals surface area contributed by atoms with Crippen LogP contribution in [0.15, 0.2) is 108 Å². The van der Waals surface area contributed by atoms with Gasteiger partial charge in [-0.1, -0.05) is 60.4 Å². The Labute approximate surface area is 329 Å². The van der Waals surface area contributed by atoms with Crippen molar-refractivity contribution >= 4 is 17.4 Å². The van der Waals surface area contributed by atoms with Crippen molar-refractivity contribution in [2.45, 2.75) is 33.5 Å². The maximum absolute atomic E-state index is 13.2. The standard InChI is InChI=1S/C45H36N6O6/c1-5-31-15-17-38-35(19-31)42(33-13-9-7-11-29(33)3)46-21-40-37(48-24-50(38)40)23-56-57-28-54-26-53-27-55-45(52)44-41-22-47-43(34-14-10-8-12-30(34)4)36-20-32(6-2)16-18-39(36)51(41)25-49-44/h1-2,7-20,24-25H,21-23,26-28H2,3-4H3. The third kappa shape index (κ3) is 7.42. The number of carbonyl (C=O) groups excluding carboxylic acids is 1. The van der Waals surface area contributed by atoms with E-state index >= 15 is 0 Å². The molecule has 8 rings (SSSR count). The molecule has 282 valence electrons. The Bertz CT molecular complexity index is 2660. The smallest absolute Gasteiger partial charge is 0.361 e. The first-order valence-electron chi connectivity index (χ1n) is 18.1. The molecule has 2 aliphatic heterocycles. The number of rotatable bonds is 12. The van der Waals surface area contributed by atoms with Gasteiger partial charge in [0.15, 0.2) is 26.1 Å². The van der Waals surface area contributed by atoms with Crippen molar-refractivity contribution in [3.63, 3.8) is 0 Å². The second kappa shape index (κ2) is 16.4. The number of aromatic nitrogens is 4. The van der Waals surface area contributed by atoms with Gasteiger partial charge in [-0.15, -0.1) is 12.8 Å². The van der Waals surface area contributed by atoms with Crippen LogP contribution in [0.4, 0.5) is 0 Å². The number of ether oxygens (including phenoxy) is 3. The minimum absolute atomic E-state index is 0.0537. The number of aryl methyl sites for hydroxylation is 2. The molecule has 12 heteroatoms. The molecule has 2 aromatic heterocycles. The number of carbonyl (C=O) groups is 1. The summed E-state index contributed by atoms with van der Waals surface area (Å²) in [5.74, 6) is 4.78. The van der Waals surface area contributed by atoms with Gasteiger partial charge in [0.25, 0.3) is 0 Å².